The average Bonchev–Trinajstić information content (AvgIpc) is 2.82. The Morgan fingerprint density at radius 2 is 1.89 bits per heavy atom. The maximum atomic E-state index is 5.33. The summed E-state index contributed by atoms with van der Waals surface area (Å²) in [5.41, 5.74) is 1.33. The van der Waals surface area contributed by atoms with Crippen molar-refractivity contribution in [2.24, 2.45) is 0 Å². The Hall–Kier alpha value is -1.68. The highest BCUT2D eigenvalue weighted by Gasteiger charge is 2.14. The Kier molecular flexibility index (Phi) is 4.10. The van der Waals surface area contributed by atoms with Crippen molar-refractivity contribution >= 4 is 0 Å². The highest BCUT2D eigenvalue weighted by molar-refractivity contribution is 5.20. The molecule has 2 unspecified atom stereocenters. The van der Waals surface area contributed by atoms with Crippen LogP contribution in [0.5, 0.6) is 0 Å². The lowest BCUT2D eigenvalue weighted by atomic mass is 9.94. The molecule has 0 aliphatic rings. The standard InChI is InChI=1S/C14H19N3O/c1-10(13-7-5-4-6-8-13)11(2)15-9-14-17-16-12(3)18-14/h4-8,10-11,15H,9H2,1-3H3. The second-order valence-corrected chi connectivity index (χ2v) is 4.58. The number of aryl methyl sites for hydroxylation is 1. The van der Waals surface area contributed by atoms with Crippen LogP contribution in [-0.4, -0.2) is 16.2 Å². The zero-order valence-corrected chi connectivity index (χ0v) is 11.1. The van der Waals surface area contributed by atoms with E-state index in [1.54, 1.807) is 6.92 Å². The fourth-order valence-electron chi connectivity index (χ4n) is 1.88. The minimum Gasteiger partial charge on any atom is -0.424 e. The first kappa shape index (κ1) is 12.8. The van der Waals surface area contributed by atoms with Crippen LogP contribution in [0.25, 0.3) is 0 Å². The second kappa shape index (κ2) is 5.78. The molecule has 0 aliphatic heterocycles. The molecule has 18 heavy (non-hydrogen) atoms. The summed E-state index contributed by atoms with van der Waals surface area (Å²) in [7, 11) is 0. The van der Waals surface area contributed by atoms with E-state index >= 15 is 0 Å². The number of nitrogens with one attached hydrogen (secondary N) is 1. The minimum atomic E-state index is 0.347. The molecule has 1 heterocycles. The Bertz CT molecular complexity index is 481. The smallest absolute Gasteiger partial charge is 0.230 e. The molecule has 0 bridgehead atoms. The first-order valence-corrected chi connectivity index (χ1v) is 6.24. The van der Waals surface area contributed by atoms with E-state index in [2.05, 4.69) is 53.6 Å². The average molecular weight is 245 g/mol. The zero-order valence-electron chi connectivity index (χ0n) is 11.1. The lowest BCUT2D eigenvalue weighted by Gasteiger charge is -2.21. The van der Waals surface area contributed by atoms with Crippen molar-refractivity contribution in [1.29, 1.82) is 0 Å². The Balaban J connectivity index is 1.90. The number of benzene rings is 1. The molecule has 1 N–H and O–H groups in total. The monoisotopic (exact) mass is 245 g/mol. The number of hydrogen-bond acceptors (Lipinski definition) is 4. The van der Waals surface area contributed by atoms with Crippen molar-refractivity contribution < 1.29 is 4.42 Å². The molecular formula is C14H19N3O. The number of nitrogens with zero attached hydrogens (tertiary/aromatic N) is 2. The summed E-state index contributed by atoms with van der Waals surface area (Å²) in [4.78, 5) is 0. The van der Waals surface area contributed by atoms with E-state index in [4.69, 9.17) is 4.42 Å². The fraction of sp³-hybridized carbons (Fsp3) is 0.429. The summed E-state index contributed by atoms with van der Waals surface area (Å²) in [5.74, 6) is 1.69. The number of rotatable bonds is 5. The first-order chi connectivity index (χ1) is 8.66. The number of aromatic nitrogens is 2. The molecule has 0 radical (unpaired) electrons. The van der Waals surface area contributed by atoms with Gasteiger partial charge in [0.15, 0.2) is 0 Å². The van der Waals surface area contributed by atoms with Crippen LogP contribution in [0.1, 0.15) is 37.1 Å². The predicted molar refractivity (Wildman–Crippen MR) is 70.2 cm³/mol. The lowest BCUT2D eigenvalue weighted by molar-refractivity contribution is 0.409. The van der Waals surface area contributed by atoms with Gasteiger partial charge in [0.2, 0.25) is 11.8 Å². The van der Waals surface area contributed by atoms with Crippen molar-refractivity contribution in [3.63, 3.8) is 0 Å². The lowest BCUT2D eigenvalue weighted by Crippen LogP contribution is -2.30. The van der Waals surface area contributed by atoms with E-state index in [-0.39, 0.29) is 0 Å². The SMILES string of the molecule is Cc1nnc(CNC(C)C(C)c2ccccc2)o1. The molecule has 1 aromatic heterocycles. The summed E-state index contributed by atoms with van der Waals surface area (Å²) < 4.78 is 5.33. The third-order valence-electron chi connectivity index (χ3n) is 3.22. The summed E-state index contributed by atoms with van der Waals surface area (Å²) in [5, 5.41) is 11.2. The summed E-state index contributed by atoms with van der Waals surface area (Å²) >= 11 is 0. The Labute approximate surface area is 107 Å². The molecule has 2 rings (SSSR count). The van der Waals surface area contributed by atoms with E-state index < -0.39 is 0 Å². The number of hydrogen-bond donors (Lipinski definition) is 1. The highest BCUT2D eigenvalue weighted by Crippen LogP contribution is 2.18. The Morgan fingerprint density at radius 1 is 1.17 bits per heavy atom. The van der Waals surface area contributed by atoms with Gasteiger partial charge in [0, 0.05) is 13.0 Å². The van der Waals surface area contributed by atoms with Gasteiger partial charge in [-0.05, 0) is 18.4 Å². The maximum absolute atomic E-state index is 5.33. The van der Waals surface area contributed by atoms with E-state index in [9.17, 15) is 0 Å². The molecule has 0 saturated heterocycles. The van der Waals surface area contributed by atoms with Gasteiger partial charge in [0.05, 0.1) is 6.54 Å². The van der Waals surface area contributed by atoms with Gasteiger partial charge in [0.1, 0.15) is 0 Å². The summed E-state index contributed by atoms with van der Waals surface area (Å²) in [6, 6.07) is 10.8. The van der Waals surface area contributed by atoms with Gasteiger partial charge < -0.3 is 9.73 Å². The zero-order chi connectivity index (χ0) is 13.0. The van der Waals surface area contributed by atoms with Crippen LogP contribution < -0.4 is 5.32 Å². The van der Waals surface area contributed by atoms with Crippen molar-refractivity contribution in [2.45, 2.75) is 39.3 Å². The maximum Gasteiger partial charge on any atom is 0.230 e. The predicted octanol–water partition coefficient (Wildman–Crippen LogP) is 2.66. The first-order valence-electron chi connectivity index (χ1n) is 6.24. The van der Waals surface area contributed by atoms with Gasteiger partial charge in [-0.15, -0.1) is 10.2 Å². The largest absolute Gasteiger partial charge is 0.424 e. The van der Waals surface area contributed by atoms with Crippen molar-refractivity contribution in [2.75, 3.05) is 0 Å². The van der Waals surface area contributed by atoms with Crippen LogP contribution in [0.2, 0.25) is 0 Å². The summed E-state index contributed by atoms with van der Waals surface area (Å²) in [6.45, 7) is 6.79. The topological polar surface area (TPSA) is 51.0 Å². The van der Waals surface area contributed by atoms with Crippen molar-refractivity contribution in [3.8, 4) is 0 Å². The molecule has 96 valence electrons. The van der Waals surface area contributed by atoms with Gasteiger partial charge in [-0.2, -0.15) is 0 Å². The van der Waals surface area contributed by atoms with Crippen LogP contribution >= 0.6 is 0 Å². The molecule has 0 amide bonds. The molecule has 4 nitrogen and oxygen atoms in total. The third-order valence-corrected chi connectivity index (χ3v) is 3.22. The normalized spacial score (nSPS) is 14.4. The Morgan fingerprint density at radius 3 is 2.50 bits per heavy atom. The van der Waals surface area contributed by atoms with Crippen LogP contribution in [0.4, 0.5) is 0 Å². The molecular weight excluding hydrogens is 226 g/mol. The summed E-state index contributed by atoms with van der Waals surface area (Å²) in [6.07, 6.45) is 0. The van der Waals surface area contributed by atoms with E-state index in [1.807, 2.05) is 6.07 Å². The van der Waals surface area contributed by atoms with Crippen molar-refractivity contribution in [3.05, 3.63) is 47.7 Å². The molecule has 0 spiro atoms. The van der Waals surface area contributed by atoms with Crippen LogP contribution in [0.3, 0.4) is 0 Å². The molecule has 1 aromatic carbocycles. The second-order valence-electron chi connectivity index (χ2n) is 4.58. The van der Waals surface area contributed by atoms with Crippen molar-refractivity contribution in [1.82, 2.24) is 15.5 Å². The molecule has 0 fully saturated rings. The molecule has 4 heteroatoms. The quantitative estimate of drug-likeness (QED) is 0.879. The van der Waals surface area contributed by atoms with Crippen LogP contribution in [0.15, 0.2) is 34.7 Å². The van der Waals surface area contributed by atoms with E-state index in [0.29, 0.717) is 30.3 Å². The van der Waals surface area contributed by atoms with Crippen LogP contribution in [-0.2, 0) is 6.54 Å². The highest BCUT2D eigenvalue weighted by atomic mass is 16.4. The van der Waals surface area contributed by atoms with Gasteiger partial charge in [-0.25, -0.2) is 0 Å². The third kappa shape index (κ3) is 3.17. The van der Waals surface area contributed by atoms with Crippen LogP contribution in [0, 0.1) is 6.92 Å². The van der Waals surface area contributed by atoms with Gasteiger partial charge >= 0.3 is 0 Å². The molecule has 2 atom stereocenters. The fourth-order valence-corrected chi connectivity index (χ4v) is 1.88. The van der Waals surface area contributed by atoms with Gasteiger partial charge in [-0.1, -0.05) is 37.3 Å². The molecule has 2 aromatic rings. The molecule has 0 saturated carbocycles. The molecule has 0 aliphatic carbocycles. The van der Waals surface area contributed by atoms with E-state index in [0.717, 1.165) is 0 Å². The van der Waals surface area contributed by atoms with E-state index in [1.165, 1.54) is 5.56 Å². The minimum absolute atomic E-state index is 0.347. The van der Waals surface area contributed by atoms with Gasteiger partial charge in [-0.3, -0.25) is 0 Å². The van der Waals surface area contributed by atoms with Gasteiger partial charge in [0.25, 0.3) is 0 Å².